The first kappa shape index (κ1) is 15.2. The zero-order valence-electron chi connectivity index (χ0n) is 11.7. The second-order valence-electron chi connectivity index (χ2n) is 5.33. The third kappa shape index (κ3) is 4.42. The van der Waals surface area contributed by atoms with E-state index in [0.29, 0.717) is 0 Å². The Bertz CT molecular complexity index is 399. The van der Waals surface area contributed by atoms with Crippen molar-refractivity contribution in [2.24, 2.45) is 0 Å². The van der Waals surface area contributed by atoms with Gasteiger partial charge in [-0.05, 0) is 51.9 Å². The molecule has 0 aromatic heterocycles. The minimum absolute atomic E-state index is 0.0506. The monoisotopic (exact) mass is 284 g/mol. The molecule has 2 aliphatic rings. The van der Waals surface area contributed by atoms with Gasteiger partial charge in [-0.3, -0.25) is 4.90 Å². The van der Waals surface area contributed by atoms with Crippen LogP contribution in [0.4, 0.5) is 8.78 Å². The maximum Gasteiger partial charge on any atom is 0.134 e. The Balaban J connectivity index is 0.000000247. The number of halogens is 2. The quantitative estimate of drug-likeness (QED) is 0.876. The summed E-state index contributed by atoms with van der Waals surface area (Å²) in [6.45, 7) is 4.57. The molecule has 0 radical (unpaired) electrons. The first-order chi connectivity index (χ1) is 9.66. The molecule has 2 N–H and O–H groups in total. The molecule has 2 heterocycles. The Morgan fingerprint density at radius 3 is 2.00 bits per heavy atom. The fourth-order valence-corrected chi connectivity index (χ4v) is 2.53. The topological polar surface area (TPSA) is 35.5 Å². The standard InChI is InChI=1S/C11H13F2NO.C4H9N/c12-10-5-8(15)6-11(13)9(10)7-14-3-1-2-4-14;1-2-4-5-3-1/h5-6,15H,1-4,7H2;5H,1-4H2. The van der Waals surface area contributed by atoms with Crippen molar-refractivity contribution >= 4 is 0 Å². The first-order valence-electron chi connectivity index (χ1n) is 7.27. The molecule has 112 valence electrons. The van der Waals surface area contributed by atoms with Gasteiger partial charge in [0.05, 0.1) is 0 Å². The SMILES string of the molecule is C1CCNC1.Oc1cc(F)c(CN2CCCC2)c(F)c1. The van der Waals surface area contributed by atoms with Crippen LogP contribution in [0.1, 0.15) is 31.2 Å². The summed E-state index contributed by atoms with van der Waals surface area (Å²) >= 11 is 0. The van der Waals surface area contributed by atoms with Crippen molar-refractivity contribution in [3.8, 4) is 5.75 Å². The summed E-state index contributed by atoms with van der Waals surface area (Å²) in [6.07, 6.45) is 4.95. The van der Waals surface area contributed by atoms with Crippen LogP contribution in [0.3, 0.4) is 0 Å². The van der Waals surface area contributed by atoms with Gasteiger partial charge in [-0.25, -0.2) is 8.78 Å². The lowest BCUT2D eigenvalue weighted by Gasteiger charge is -2.15. The summed E-state index contributed by atoms with van der Waals surface area (Å²) in [5, 5.41) is 12.2. The number of aromatic hydroxyl groups is 1. The fourth-order valence-electron chi connectivity index (χ4n) is 2.53. The molecule has 2 fully saturated rings. The Labute approximate surface area is 118 Å². The van der Waals surface area contributed by atoms with Gasteiger partial charge in [0.2, 0.25) is 0 Å². The van der Waals surface area contributed by atoms with E-state index < -0.39 is 11.6 Å². The van der Waals surface area contributed by atoms with E-state index in [-0.39, 0.29) is 17.9 Å². The molecule has 0 spiro atoms. The summed E-state index contributed by atoms with van der Waals surface area (Å²) in [4.78, 5) is 2.01. The van der Waals surface area contributed by atoms with Gasteiger partial charge in [0, 0.05) is 24.2 Å². The molecule has 0 unspecified atom stereocenters. The van der Waals surface area contributed by atoms with Gasteiger partial charge in [-0.2, -0.15) is 0 Å². The fraction of sp³-hybridized carbons (Fsp3) is 0.600. The number of likely N-dealkylation sites (tertiary alicyclic amines) is 1. The Morgan fingerprint density at radius 2 is 1.55 bits per heavy atom. The van der Waals surface area contributed by atoms with E-state index in [2.05, 4.69) is 5.32 Å². The van der Waals surface area contributed by atoms with Crippen molar-refractivity contribution in [3.05, 3.63) is 29.3 Å². The van der Waals surface area contributed by atoms with Crippen LogP contribution in [0, 0.1) is 11.6 Å². The minimum Gasteiger partial charge on any atom is -0.508 e. The summed E-state index contributed by atoms with van der Waals surface area (Å²) in [7, 11) is 0. The van der Waals surface area contributed by atoms with Crippen molar-refractivity contribution in [2.75, 3.05) is 26.2 Å². The van der Waals surface area contributed by atoms with Gasteiger partial charge in [0.25, 0.3) is 0 Å². The van der Waals surface area contributed by atoms with E-state index in [0.717, 1.165) is 38.1 Å². The van der Waals surface area contributed by atoms with E-state index in [9.17, 15) is 8.78 Å². The number of phenolic OH excluding ortho intramolecular Hbond substituents is 1. The number of nitrogens with zero attached hydrogens (tertiary/aromatic N) is 1. The van der Waals surface area contributed by atoms with E-state index in [4.69, 9.17) is 5.11 Å². The molecule has 5 heteroatoms. The molecule has 0 atom stereocenters. The molecule has 0 saturated carbocycles. The molecule has 1 aromatic carbocycles. The Morgan fingerprint density at radius 1 is 1.00 bits per heavy atom. The van der Waals surface area contributed by atoms with Crippen molar-refractivity contribution in [1.82, 2.24) is 10.2 Å². The van der Waals surface area contributed by atoms with Gasteiger partial charge in [-0.15, -0.1) is 0 Å². The minimum atomic E-state index is -0.667. The summed E-state index contributed by atoms with van der Waals surface area (Å²) in [6, 6.07) is 1.91. The molecule has 20 heavy (non-hydrogen) atoms. The van der Waals surface area contributed by atoms with E-state index >= 15 is 0 Å². The zero-order chi connectivity index (χ0) is 14.4. The number of benzene rings is 1. The Kier molecular flexibility index (Phi) is 5.73. The lowest BCUT2D eigenvalue weighted by atomic mass is 10.1. The average Bonchev–Trinajstić information content (AvgIpc) is 3.09. The molecular weight excluding hydrogens is 262 g/mol. The highest BCUT2D eigenvalue weighted by atomic mass is 19.1. The van der Waals surface area contributed by atoms with Crippen LogP contribution in [0.5, 0.6) is 5.75 Å². The van der Waals surface area contributed by atoms with Crippen LogP contribution in [-0.2, 0) is 6.54 Å². The van der Waals surface area contributed by atoms with Crippen molar-refractivity contribution in [1.29, 1.82) is 0 Å². The maximum atomic E-state index is 13.3. The first-order valence-corrected chi connectivity index (χ1v) is 7.27. The van der Waals surface area contributed by atoms with Gasteiger partial charge in [0.1, 0.15) is 17.4 Å². The lowest BCUT2D eigenvalue weighted by molar-refractivity contribution is 0.317. The van der Waals surface area contributed by atoms with E-state index in [1.165, 1.54) is 25.9 Å². The van der Waals surface area contributed by atoms with Crippen molar-refractivity contribution in [2.45, 2.75) is 32.2 Å². The predicted octanol–water partition coefficient (Wildman–Crippen LogP) is 2.64. The van der Waals surface area contributed by atoms with Crippen LogP contribution in [0.15, 0.2) is 12.1 Å². The molecule has 2 saturated heterocycles. The third-order valence-corrected chi connectivity index (χ3v) is 3.66. The number of nitrogens with one attached hydrogen (secondary N) is 1. The van der Waals surface area contributed by atoms with Crippen molar-refractivity contribution < 1.29 is 13.9 Å². The third-order valence-electron chi connectivity index (χ3n) is 3.66. The largest absolute Gasteiger partial charge is 0.508 e. The van der Waals surface area contributed by atoms with Crippen LogP contribution in [0.2, 0.25) is 0 Å². The number of hydrogen-bond donors (Lipinski definition) is 2. The second kappa shape index (κ2) is 7.55. The highest BCUT2D eigenvalue weighted by Crippen LogP contribution is 2.22. The molecule has 2 aliphatic heterocycles. The van der Waals surface area contributed by atoms with E-state index in [1.54, 1.807) is 0 Å². The van der Waals surface area contributed by atoms with Gasteiger partial charge < -0.3 is 10.4 Å². The predicted molar refractivity (Wildman–Crippen MR) is 74.6 cm³/mol. The highest BCUT2D eigenvalue weighted by molar-refractivity contribution is 5.29. The van der Waals surface area contributed by atoms with Gasteiger partial charge in [0.15, 0.2) is 0 Å². The van der Waals surface area contributed by atoms with Gasteiger partial charge >= 0.3 is 0 Å². The van der Waals surface area contributed by atoms with Crippen molar-refractivity contribution in [3.63, 3.8) is 0 Å². The molecule has 3 rings (SSSR count). The normalized spacial score (nSPS) is 18.9. The Hall–Kier alpha value is -1.20. The summed E-state index contributed by atoms with van der Waals surface area (Å²) in [5.74, 6) is -1.70. The smallest absolute Gasteiger partial charge is 0.134 e. The molecule has 3 nitrogen and oxygen atoms in total. The molecule has 0 amide bonds. The van der Waals surface area contributed by atoms with Gasteiger partial charge in [-0.1, -0.05) is 0 Å². The van der Waals surface area contributed by atoms with E-state index in [1.807, 2.05) is 4.90 Å². The molecule has 1 aromatic rings. The van der Waals surface area contributed by atoms with Crippen LogP contribution >= 0.6 is 0 Å². The lowest BCUT2D eigenvalue weighted by Crippen LogP contribution is -2.20. The zero-order valence-corrected chi connectivity index (χ0v) is 11.7. The summed E-state index contributed by atoms with van der Waals surface area (Å²) < 4.78 is 26.7. The summed E-state index contributed by atoms with van der Waals surface area (Å²) in [5.41, 5.74) is 0.0506. The number of phenols is 1. The average molecular weight is 284 g/mol. The van der Waals surface area contributed by atoms with Crippen LogP contribution in [-0.4, -0.2) is 36.2 Å². The highest BCUT2D eigenvalue weighted by Gasteiger charge is 2.17. The second-order valence-corrected chi connectivity index (χ2v) is 5.33. The number of rotatable bonds is 2. The number of hydrogen-bond acceptors (Lipinski definition) is 3. The van der Waals surface area contributed by atoms with Crippen LogP contribution < -0.4 is 5.32 Å². The molecule has 0 aliphatic carbocycles. The maximum absolute atomic E-state index is 13.3. The molecule has 0 bridgehead atoms. The molecular formula is C15H22F2N2O. The van der Waals surface area contributed by atoms with Crippen LogP contribution in [0.25, 0.3) is 0 Å².